The second kappa shape index (κ2) is 5.68. The fourth-order valence-electron chi connectivity index (χ4n) is 3.01. The fourth-order valence-corrected chi connectivity index (χ4v) is 3.01. The van der Waals surface area contributed by atoms with Crippen molar-refractivity contribution < 1.29 is 4.74 Å². The monoisotopic (exact) mass is 256 g/mol. The van der Waals surface area contributed by atoms with Gasteiger partial charge in [0, 0.05) is 24.9 Å². The van der Waals surface area contributed by atoms with Crippen molar-refractivity contribution in [2.24, 2.45) is 4.99 Å². The van der Waals surface area contributed by atoms with E-state index in [2.05, 4.69) is 34.6 Å². The molecule has 0 saturated carbocycles. The fraction of sp³-hybridized carbons (Fsp3) is 0.438. The second-order valence-corrected chi connectivity index (χ2v) is 5.10. The van der Waals surface area contributed by atoms with Crippen molar-refractivity contribution in [3.05, 3.63) is 47.2 Å². The van der Waals surface area contributed by atoms with Gasteiger partial charge < -0.3 is 10.1 Å². The minimum atomic E-state index is 0.190. The van der Waals surface area contributed by atoms with E-state index in [-0.39, 0.29) is 6.10 Å². The number of ether oxygens (including phenoxy) is 1. The van der Waals surface area contributed by atoms with Crippen LogP contribution in [0.2, 0.25) is 0 Å². The van der Waals surface area contributed by atoms with E-state index in [9.17, 15) is 0 Å². The number of benzene rings is 1. The summed E-state index contributed by atoms with van der Waals surface area (Å²) in [4.78, 5) is 4.17. The van der Waals surface area contributed by atoms with Gasteiger partial charge in [0.2, 0.25) is 0 Å². The quantitative estimate of drug-likeness (QED) is 0.902. The summed E-state index contributed by atoms with van der Waals surface area (Å²) in [6, 6.07) is 6.63. The summed E-state index contributed by atoms with van der Waals surface area (Å²) >= 11 is 0. The van der Waals surface area contributed by atoms with Gasteiger partial charge >= 0.3 is 0 Å². The Morgan fingerprint density at radius 2 is 2.26 bits per heavy atom. The third-order valence-corrected chi connectivity index (χ3v) is 3.92. The predicted molar refractivity (Wildman–Crippen MR) is 77.8 cm³/mol. The average molecular weight is 256 g/mol. The molecule has 3 rings (SSSR count). The smallest absolute Gasteiger partial charge is 0.0951 e. The van der Waals surface area contributed by atoms with Crippen LogP contribution in [0, 0.1) is 0 Å². The van der Waals surface area contributed by atoms with Crippen molar-refractivity contribution in [2.75, 3.05) is 20.2 Å². The molecule has 0 radical (unpaired) electrons. The number of hydrogen-bond donors (Lipinski definition) is 1. The highest BCUT2D eigenvalue weighted by Gasteiger charge is 2.24. The standard InChI is InChI=1S/C16H20N2O/c1-17-11-16-15-4-2-3-13(14(15)7-10-19-16)12-5-8-18-9-6-12/h2-5,8-9,12,16-17H,6-7,10-11H2,1H3/t12?,16-/m1/s1. The molecule has 2 aliphatic heterocycles. The SMILES string of the molecule is CNC[C@H]1OCCc2c(C3C=CN=CC3)cccc21. The molecule has 0 aromatic heterocycles. The molecular formula is C16H20N2O. The molecule has 2 atom stereocenters. The van der Waals surface area contributed by atoms with Gasteiger partial charge in [-0.1, -0.05) is 24.3 Å². The van der Waals surface area contributed by atoms with Gasteiger partial charge in [-0.05, 0) is 36.6 Å². The van der Waals surface area contributed by atoms with Crippen LogP contribution < -0.4 is 5.32 Å². The van der Waals surface area contributed by atoms with Gasteiger partial charge in [0.25, 0.3) is 0 Å². The zero-order valence-corrected chi connectivity index (χ0v) is 11.3. The Morgan fingerprint density at radius 1 is 1.37 bits per heavy atom. The van der Waals surface area contributed by atoms with Crippen LogP contribution in [0.1, 0.15) is 35.1 Å². The van der Waals surface area contributed by atoms with Crippen LogP contribution in [0.4, 0.5) is 0 Å². The number of allylic oxidation sites excluding steroid dienone is 1. The lowest BCUT2D eigenvalue weighted by Crippen LogP contribution is -2.26. The Morgan fingerprint density at radius 3 is 3.05 bits per heavy atom. The molecule has 1 N–H and O–H groups in total. The minimum Gasteiger partial charge on any atom is -0.372 e. The Bertz CT molecular complexity index is 507. The second-order valence-electron chi connectivity index (χ2n) is 5.10. The van der Waals surface area contributed by atoms with E-state index >= 15 is 0 Å². The molecule has 1 aromatic rings. The van der Waals surface area contributed by atoms with Crippen LogP contribution in [-0.4, -0.2) is 26.4 Å². The van der Waals surface area contributed by atoms with Crippen LogP contribution in [0.3, 0.4) is 0 Å². The summed E-state index contributed by atoms with van der Waals surface area (Å²) < 4.78 is 5.88. The summed E-state index contributed by atoms with van der Waals surface area (Å²) in [7, 11) is 1.97. The van der Waals surface area contributed by atoms with Crippen molar-refractivity contribution in [3.8, 4) is 0 Å². The average Bonchev–Trinajstić information content (AvgIpc) is 2.48. The lowest BCUT2D eigenvalue weighted by Gasteiger charge is -2.29. The number of nitrogens with zero attached hydrogens (tertiary/aromatic N) is 1. The summed E-state index contributed by atoms with van der Waals surface area (Å²) in [5.74, 6) is 0.473. The number of fused-ring (bicyclic) bond motifs is 1. The Balaban J connectivity index is 1.96. The number of likely N-dealkylation sites (N-methyl/N-ethyl adjacent to an activating group) is 1. The molecule has 3 nitrogen and oxygen atoms in total. The van der Waals surface area contributed by atoms with Crippen molar-refractivity contribution >= 4 is 6.21 Å². The topological polar surface area (TPSA) is 33.6 Å². The minimum absolute atomic E-state index is 0.190. The Labute approximate surface area is 114 Å². The first-order valence-electron chi connectivity index (χ1n) is 6.96. The molecule has 0 amide bonds. The first-order valence-corrected chi connectivity index (χ1v) is 6.96. The Kier molecular flexibility index (Phi) is 3.76. The van der Waals surface area contributed by atoms with Crippen molar-refractivity contribution in [1.82, 2.24) is 5.32 Å². The normalized spacial score (nSPS) is 25.3. The van der Waals surface area contributed by atoms with E-state index in [1.54, 1.807) is 0 Å². The molecule has 0 fully saturated rings. The van der Waals surface area contributed by atoms with Gasteiger partial charge in [-0.2, -0.15) is 0 Å². The van der Waals surface area contributed by atoms with Gasteiger partial charge in [-0.25, -0.2) is 0 Å². The summed E-state index contributed by atoms with van der Waals surface area (Å²) in [6.45, 7) is 1.69. The van der Waals surface area contributed by atoms with Crippen molar-refractivity contribution in [3.63, 3.8) is 0 Å². The third kappa shape index (κ3) is 2.48. The van der Waals surface area contributed by atoms with Gasteiger partial charge in [-0.3, -0.25) is 4.99 Å². The van der Waals surface area contributed by atoms with Crippen molar-refractivity contribution in [2.45, 2.75) is 24.9 Å². The highest BCUT2D eigenvalue weighted by atomic mass is 16.5. The Hall–Kier alpha value is -1.45. The molecule has 0 aliphatic carbocycles. The molecule has 1 aromatic carbocycles. The molecule has 2 aliphatic rings. The number of aliphatic imine (C=N–C) groups is 1. The van der Waals surface area contributed by atoms with E-state index in [1.165, 1.54) is 16.7 Å². The van der Waals surface area contributed by atoms with Gasteiger partial charge in [0.05, 0.1) is 12.7 Å². The summed E-state index contributed by atoms with van der Waals surface area (Å²) in [5.41, 5.74) is 4.29. The van der Waals surface area contributed by atoms with E-state index in [4.69, 9.17) is 4.74 Å². The molecule has 0 spiro atoms. The van der Waals surface area contributed by atoms with Gasteiger partial charge in [-0.15, -0.1) is 0 Å². The molecular weight excluding hydrogens is 236 g/mol. The van der Waals surface area contributed by atoms with Crippen molar-refractivity contribution in [1.29, 1.82) is 0 Å². The van der Waals surface area contributed by atoms with Crippen LogP contribution in [0.15, 0.2) is 35.5 Å². The zero-order chi connectivity index (χ0) is 13.1. The first-order chi connectivity index (χ1) is 9.40. The maximum absolute atomic E-state index is 5.88. The highest BCUT2D eigenvalue weighted by molar-refractivity contribution is 5.62. The van der Waals surface area contributed by atoms with Gasteiger partial charge in [0.15, 0.2) is 0 Å². The third-order valence-electron chi connectivity index (χ3n) is 3.92. The first kappa shape index (κ1) is 12.6. The summed E-state index contributed by atoms with van der Waals surface area (Å²) in [5, 5.41) is 3.22. The van der Waals surface area contributed by atoms with Crippen LogP contribution in [-0.2, 0) is 11.2 Å². The molecule has 2 heterocycles. The van der Waals surface area contributed by atoms with Crippen LogP contribution in [0.25, 0.3) is 0 Å². The zero-order valence-electron chi connectivity index (χ0n) is 11.3. The maximum Gasteiger partial charge on any atom is 0.0951 e. The van der Waals surface area contributed by atoms with Crippen LogP contribution in [0.5, 0.6) is 0 Å². The maximum atomic E-state index is 5.88. The summed E-state index contributed by atoms with van der Waals surface area (Å²) in [6.07, 6.45) is 8.34. The lowest BCUT2D eigenvalue weighted by molar-refractivity contribution is 0.0435. The number of rotatable bonds is 3. The van der Waals surface area contributed by atoms with E-state index in [0.29, 0.717) is 5.92 Å². The van der Waals surface area contributed by atoms with E-state index in [0.717, 1.165) is 26.0 Å². The highest BCUT2D eigenvalue weighted by Crippen LogP contribution is 2.34. The molecule has 0 bridgehead atoms. The molecule has 19 heavy (non-hydrogen) atoms. The van der Waals surface area contributed by atoms with E-state index < -0.39 is 0 Å². The molecule has 100 valence electrons. The predicted octanol–water partition coefficient (Wildman–Crippen LogP) is 2.59. The van der Waals surface area contributed by atoms with Gasteiger partial charge in [0.1, 0.15) is 0 Å². The van der Waals surface area contributed by atoms with E-state index in [1.807, 2.05) is 19.5 Å². The number of nitrogens with one attached hydrogen (secondary N) is 1. The molecule has 3 heteroatoms. The molecule has 0 saturated heterocycles. The lowest BCUT2D eigenvalue weighted by atomic mass is 9.85. The molecule has 1 unspecified atom stereocenters. The number of hydrogen-bond acceptors (Lipinski definition) is 3. The van der Waals surface area contributed by atoms with Crippen LogP contribution >= 0.6 is 0 Å². The largest absolute Gasteiger partial charge is 0.372 e.